The maximum atomic E-state index is 12.8. The molecule has 3 heterocycles. The number of rotatable bonds is 3. The molecular formula is C20H21N3O2. The standard InChI is InChI=1S/C20H21N3O2/c1-14-5-7-15(8-6-14)21-19-16-9-12-25-18(16)13-17(22-19)20(24)23-10-3-2-4-11-23/h5-9,12-13H,2-4,10-11H2,1H3,(H,21,22). The number of pyridine rings is 1. The zero-order chi connectivity index (χ0) is 17.2. The number of aromatic nitrogens is 1. The lowest BCUT2D eigenvalue weighted by Gasteiger charge is -2.26. The zero-order valence-corrected chi connectivity index (χ0v) is 14.3. The van der Waals surface area contributed by atoms with Gasteiger partial charge in [0.25, 0.3) is 5.91 Å². The summed E-state index contributed by atoms with van der Waals surface area (Å²) >= 11 is 0. The third-order valence-electron chi connectivity index (χ3n) is 4.63. The van der Waals surface area contributed by atoms with Crippen molar-refractivity contribution in [2.75, 3.05) is 18.4 Å². The van der Waals surface area contributed by atoms with Gasteiger partial charge in [0, 0.05) is 24.8 Å². The molecule has 1 N–H and O–H groups in total. The fraction of sp³-hybridized carbons (Fsp3) is 0.300. The Bertz CT molecular complexity index is 893. The van der Waals surface area contributed by atoms with Crippen LogP contribution in [0.1, 0.15) is 35.3 Å². The van der Waals surface area contributed by atoms with E-state index in [1.807, 2.05) is 42.2 Å². The van der Waals surface area contributed by atoms with E-state index in [0.717, 1.165) is 37.0 Å². The van der Waals surface area contributed by atoms with Crippen molar-refractivity contribution in [3.05, 3.63) is 53.9 Å². The van der Waals surface area contributed by atoms with Gasteiger partial charge in [-0.3, -0.25) is 4.79 Å². The van der Waals surface area contributed by atoms with E-state index in [0.29, 0.717) is 17.1 Å². The van der Waals surface area contributed by atoms with Crippen molar-refractivity contribution in [3.8, 4) is 0 Å². The summed E-state index contributed by atoms with van der Waals surface area (Å²) in [7, 11) is 0. The maximum absolute atomic E-state index is 12.8. The fourth-order valence-corrected chi connectivity index (χ4v) is 3.20. The summed E-state index contributed by atoms with van der Waals surface area (Å²) in [5, 5.41) is 4.19. The Kier molecular flexibility index (Phi) is 4.14. The molecule has 5 nitrogen and oxygen atoms in total. The number of anilines is 2. The number of carbonyl (C=O) groups is 1. The molecule has 1 aliphatic heterocycles. The monoisotopic (exact) mass is 335 g/mol. The first-order chi connectivity index (χ1) is 12.2. The second kappa shape index (κ2) is 6.59. The summed E-state index contributed by atoms with van der Waals surface area (Å²) in [6, 6.07) is 11.7. The molecule has 4 rings (SSSR count). The second-order valence-corrected chi connectivity index (χ2v) is 6.53. The van der Waals surface area contributed by atoms with Crippen LogP contribution >= 0.6 is 0 Å². The second-order valence-electron chi connectivity index (χ2n) is 6.53. The summed E-state index contributed by atoms with van der Waals surface area (Å²) in [6.07, 6.45) is 4.93. The third-order valence-corrected chi connectivity index (χ3v) is 4.63. The zero-order valence-electron chi connectivity index (χ0n) is 14.3. The molecule has 0 radical (unpaired) electrons. The van der Waals surface area contributed by atoms with Crippen LogP contribution in [0.2, 0.25) is 0 Å². The summed E-state index contributed by atoms with van der Waals surface area (Å²) in [5.41, 5.74) is 3.23. The quantitative estimate of drug-likeness (QED) is 0.765. The van der Waals surface area contributed by atoms with E-state index in [9.17, 15) is 4.79 Å². The number of aryl methyl sites for hydroxylation is 1. The number of hydrogen-bond acceptors (Lipinski definition) is 4. The Morgan fingerprint density at radius 3 is 2.64 bits per heavy atom. The van der Waals surface area contributed by atoms with Crippen molar-refractivity contribution in [2.45, 2.75) is 26.2 Å². The molecule has 1 saturated heterocycles. The molecule has 25 heavy (non-hydrogen) atoms. The molecule has 2 aromatic heterocycles. The molecule has 1 aliphatic rings. The first-order valence-corrected chi connectivity index (χ1v) is 8.72. The first-order valence-electron chi connectivity index (χ1n) is 8.72. The molecule has 0 aliphatic carbocycles. The van der Waals surface area contributed by atoms with Crippen LogP contribution in [0, 0.1) is 6.92 Å². The van der Waals surface area contributed by atoms with Crippen molar-refractivity contribution < 1.29 is 9.21 Å². The minimum absolute atomic E-state index is 0.0232. The van der Waals surface area contributed by atoms with Crippen LogP contribution in [0.4, 0.5) is 11.5 Å². The number of nitrogens with one attached hydrogen (secondary N) is 1. The molecule has 1 amide bonds. The largest absolute Gasteiger partial charge is 0.464 e. The van der Waals surface area contributed by atoms with Gasteiger partial charge in [-0.15, -0.1) is 0 Å². The Morgan fingerprint density at radius 2 is 1.88 bits per heavy atom. The molecule has 128 valence electrons. The summed E-state index contributed by atoms with van der Waals surface area (Å²) in [6.45, 7) is 3.66. The highest BCUT2D eigenvalue weighted by Crippen LogP contribution is 2.27. The summed E-state index contributed by atoms with van der Waals surface area (Å²) in [5.74, 6) is 0.625. The lowest BCUT2D eigenvalue weighted by atomic mass is 10.1. The van der Waals surface area contributed by atoms with Crippen molar-refractivity contribution in [3.63, 3.8) is 0 Å². The Morgan fingerprint density at radius 1 is 1.12 bits per heavy atom. The Hall–Kier alpha value is -2.82. The highest BCUT2D eigenvalue weighted by Gasteiger charge is 2.21. The number of fused-ring (bicyclic) bond motifs is 1. The topological polar surface area (TPSA) is 58.4 Å². The van der Waals surface area contributed by atoms with Gasteiger partial charge in [-0.25, -0.2) is 4.98 Å². The van der Waals surface area contributed by atoms with Crippen molar-refractivity contribution in [1.82, 2.24) is 9.88 Å². The maximum Gasteiger partial charge on any atom is 0.272 e. The minimum atomic E-state index is -0.0232. The van der Waals surface area contributed by atoms with Crippen LogP contribution in [0.5, 0.6) is 0 Å². The van der Waals surface area contributed by atoms with Crippen LogP contribution < -0.4 is 5.32 Å². The van der Waals surface area contributed by atoms with Gasteiger partial charge in [0.05, 0.1) is 11.6 Å². The molecule has 0 atom stereocenters. The number of hydrogen-bond donors (Lipinski definition) is 1. The van der Waals surface area contributed by atoms with E-state index in [1.54, 1.807) is 12.3 Å². The van der Waals surface area contributed by atoms with Gasteiger partial charge in [-0.1, -0.05) is 17.7 Å². The van der Waals surface area contributed by atoms with Crippen LogP contribution in [0.25, 0.3) is 11.0 Å². The lowest BCUT2D eigenvalue weighted by molar-refractivity contribution is 0.0718. The molecule has 0 saturated carbocycles. The number of piperidine rings is 1. The van der Waals surface area contributed by atoms with Crippen LogP contribution in [-0.4, -0.2) is 28.9 Å². The molecule has 3 aromatic rings. The van der Waals surface area contributed by atoms with Gasteiger partial charge < -0.3 is 14.6 Å². The highest BCUT2D eigenvalue weighted by molar-refractivity contribution is 5.99. The van der Waals surface area contributed by atoms with E-state index in [2.05, 4.69) is 10.3 Å². The number of benzene rings is 1. The van der Waals surface area contributed by atoms with Gasteiger partial charge in [0.15, 0.2) is 0 Å². The van der Waals surface area contributed by atoms with E-state index in [-0.39, 0.29) is 5.91 Å². The average molecular weight is 335 g/mol. The van der Waals surface area contributed by atoms with Crippen molar-refractivity contribution >= 4 is 28.4 Å². The molecule has 5 heteroatoms. The molecular weight excluding hydrogens is 314 g/mol. The SMILES string of the molecule is Cc1ccc(Nc2nc(C(=O)N3CCCCC3)cc3occc23)cc1. The van der Waals surface area contributed by atoms with Crippen molar-refractivity contribution in [2.24, 2.45) is 0 Å². The molecule has 0 spiro atoms. The number of amides is 1. The Labute approximate surface area is 146 Å². The molecule has 0 bridgehead atoms. The molecule has 1 fully saturated rings. The van der Waals surface area contributed by atoms with E-state index in [1.165, 1.54) is 12.0 Å². The fourth-order valence-electron chi connectivity index (χ4n) is 3.20. The number of carbonyl (C=O) groups excluding carboxylic acids is 1. The molecule has 1 aromatic carbocycles. The Balaban J connectivity index is 1.69. The van der Waals surface area contributed by atoms with Gasteiger partial charge in [-0.2, -0.15) is 0 Å². The number of nitrogens with zero attached hydrogens (tertiary/aromatic N) is 2. The van der Waals surface area contributed by atoms with Crippen molar-refractivity contribution in [1.29, 1.82) is 0 Å². The van der Waals surface area contributed by atoms with Crippen LogP contribution in [0.3, 0.4) is 0 Å². The minimum Gasteiger partial charge on any atom is -0.464 e. The van der Waals surface area contributed by atoms with Gasteiger partial charge >= 0.3 is 0 Å². The normalized spacial score (nSPS) is 14.7. The third kappa shape index (κ3) is 3.22. The van der Waals surface area contributed by atoms with Gasteiger partial charge in [0.2, 0.25) is 0 Å². The lowest BCUT2D eigenvalue weighted by Crippen LogP contribution is -2.36. The highest BCUT2D eigenvalue weighted by atomic mass is 16.3. The molecule has 0 unspecified atom stereocenters. The van der Waals surface area contributed by atoms with Crippen LogP contribution in [0.15, 0.2) is 47.1 Å². The van der Waals surface area contributed by atoms with Gasteiger partial charge in [-0.05, 0) is 44.4 Å². The smallest absolute Gasteiger partial charge is 0.272 e. The average Bonchev–Trinajstić information content (AvgIpc) is 3.12. The predicted molar refractivity (Wildman–Crippen MR) is 98.2 cm³/mol. The number of furan rings is 1. The summed E-state index contributed by atoms with van der Waals surface area (Å²) < 4.78 is 5.54. The predicted octanol–water partition coefficient (Wildman–Crippen LogP) is 4.51. The summed E-state index contributed by atoms with van der Waals surface area (Å²) in [4.78, 5) is 19.3. The van der Waals surface area contributed by atoms with E-state index in [4.69, 9.17) is 4.42 Å². The van der Waals surface area contributed by atoms with Gasteiger partial charge in [0.1, 0.15) is 17.1 Å². The number of likely N-dealkylation sites (tertiary alicyclic amines) is 1. The first kappa shape index (κ1) is 15.7. The van der Waals surface area contributed by atoms with Crippen LogP contribution in [-0.2, 0) is 0 Å². The van der Waals surface area contributed by atoms with E-state index >= 15 is 0 Å². The van der Waals surface area contributed by atoms with E-state index < -0.39 is 0 Å².